The average molecular weight is 426 g/mol. The van der Waals surface area contributed by atoms with Gasteiger partial charge in [-0.2, -0.15) is 4.68 Å². The van der Waals surface area contributed by atoms with Crippen molar-refractivity contribution in [3.63, 3.8) is 0 Å². The van der Waals surface area contributed by atoms with Crippen molar-refractivity contribution in [1.82, 2.24) is 14.3 Å². The number of aromatic nitrogens is 3. The second kappa shape index (κ2) is 9.55. The van der Waals surface area contributed by atoms with Crippen LogP contribution in [0.15, 0.2) is 54.6 Å². The minimum absolute atomic E-state index is 0.232. The summed E-state index contributed by atoms with van der Waals surface area (Å²) in [5, 5.41) is 14.9. The summed E-state index contributed by atoms with van der Waals surface area (Å²) < 4.78 is 10.1. The molecule has 1 unspecified atom stereocenters. The van der Waals surface area contributed by atoms with Crippen LogP contribution < -0.4 is 9.64 Å². The number of quaternary nitrogens is 1. The van der Waals surface area contributed by atoms with Crippen LogP contribution in [0.25, 0.3) is 11.4 Å². The first-order chi connectivity index (χ1) is 14.6. The molecule has 0 amide bonds. The fraction of sp³-hybridized carbons (Fsp3) is 0.391. The van der Waals surface area contributed by atoms with E-state index in [0.29, 0.717) is 6.67 Å². The highest BCUT2D eigenvalue weighted by atomic mass is 32.1. The van der Waals surface area contributed by atoms with Gasteiger partial charge in [-0.15, -0.1) is 5.10 Å². The average Bonchev–Trinajstić information content (AvgIpc) is 3.08. The van der Waals surface area contributed by atoms with Gasteiger partial charge in [-0.1, -0.05) is 30.3 Å². The summed E-state index contributed by atoms with van der Waals surface area (Å²) in [6, 6.07) is 18.4. The summed E-state index contributed by atoms with van der Waals surface area (Å²) in [4.78, 5) is 1.32. The maximum absolute atomic E-state index is 10.0. The zero-order valence-corrected chi connectivity index (χ0v) is 18.1. The van der Waals surface area contributed by atoms with E-state index in [1.165, 1.54) is 10.5 Å². The lowest BCUT2D eigenvalue weighted by Gasteiger charge is -2.26. The van der Waals surface area contributed by atoms with Gasteiger partial charge in [-0.3, -0.25) is 4.57 Å². The van der Waals surface area contributed by atoms with Crippen molar-refractivity contribution < 1.29 is 14.7 Å². The maximum Gasteiger partial charge on any atom is 0.203 e. The summed E-state index contributed by atoms with van der Waals surface area (Å²) in [5.41, 5.74) is 2.29. The summed E-state index contributed by atoms with van der Waals surface area (Å²) in [7, 11) is 1.67. The normalized spacial score (nSPS) is 19.0. The molecule has 2 N–H and O–H groups in total. The molecular weight excluding hydrogens is 396 g/mol. The van der Waals surface area contributed by atoms with Crippen molar-refractivity contribution in [2.75, 3.05) is 20.2 Å². The third kappa shape index (κ3) is 4.80. The Kier molecular flexibility index (Phi) is 6.62. The van der Waals surface area contributed by atoms with Crippen LogP contribution in [0, 0.1) is 4.77 Å². The first kappa shape index (κ1) is 20.8. The number of ether oxygens (including phenoxy) is 1. The third-order valence-corrected chi connectivity index (χ3v) is 6.13. The Bertz CT molecular complexity index is 1010. The smallest absolute Gasteiger partial charge is 0.203 e. The molecule has 1 aromatic heterocycles. The van der Waals surface area contributed by atoms with Gasteiger partial charge in [0, 0.05) is 12.1 Å². The lowest BCUT2D eigenvalue weighted by molar-refractivity contribution is -0.931. The number of rotatable bonds is 7. The standard InChI is InChI=1S/C23H28N4O2S/c1-29-21-11-9-19(10-12-21)22-24-27(17-25-14-5-8-20(28)16-25)23(30)26(22)15-13-18-6-3-2-4-7-18/h2-4,6-7,9-12,20,28H,5,8,13-17H2,1H3/p+1/t20-/m0/s1. The van der Waals surface area contributed by atoms with E-state index < -0.39 is 0 Å². The van der Waals surface area contributed by atoms with E-state index in [0.717, 1.165) is 60.8 Å². The van der Waals surface area contributed by atoms with E-state index in [1.54, 1.807) is 7.11 Å². The number of aliphatic hydroxyl groups is 1. The third-order valence-electron chi connectivity index (χ3n) is 5.70. The highest BCUT2D eigenvalue weighted by Gasteiger charge is 2.23. The number of likely N-dealkylation sites (tertiary alicyclic amines) is 1. The number of nitrogens with zero attached hydrogens (tertiary/aromatic N) is 3. The molecule has 0 aliphatic carbocycles. The molecule has 1 aliphatic heterocycles. The number of hydrogen-bond acceptors (Lipinski definition) is 4. The first-order valence-corrected chi connectivity index (χ1v) is 10.9. The molecule has 7 heteroatoms. The molecule has 3 aromatic rings. The van der Waals surface area contributed by atoms with E-state index in [-0.39, 0.29) is 6.10 Å². The predicted molar refractivity (Wildman–Crippen MR) is 119 cm³/mol. The SMILES string of the molecule is COc1ccc(-c2nn(C[NH+]3CCC[C@H](O)C3)c(=S)n2CCc2ccccc2)cc1. The van der Waals surface area contributed by atoms with Crippen molar-refractivity contribution in [2.24, 2.45) is 0 Å². The highest BCUT2D eigenvalue weighted by molar-refractivity contribution is 7.71. The molecule has 2 heterocycles. The predicted octanol–water partition coefficient (Wildman–Crippen LogP) is 2.33. The number of aryl methyl sites for hydroxylation is 1. The van der Waals surface area contributed by atoms with Crippen molar-refractivity contribution in [2.45, 2.75) is 38.6 Å². The number of nitrogens with one attached hydrogen (secondary N) is 1. The Hall–Kier alpha value is -2.48. The van der Waals surface area contributed by atoms with E-state index >= 15 is 0 Å². The molecule has 1 fully saturated rings. The topological polar surface area (TPSA) is 56.6 Å². The summed E-state index contributed by atoms with van der Waals surface area (Å²) in [6.07, 6.45) is 2.57. The molecule has 2 atom stereocenters. The van der Waals surface area contributed by atoms with Crippen LogP contribution in [0.4, 0.5) is 0 Å². The van der Waals surface area contributed by atoms with Crippen LogP contribution in [-0.4, -0.2) is 45.8 Å². The minimum atomic E-state index is -0.232. The van der Waals surface area contributed by atoms with Gasteiger partial charge in [0.05, 0.1) is 13.7 Å². The number of piperidine rings is 1. The number of methoxy groups -OCH3 is 1. The van der Waals surface area contributed by atoms with Crippen LogP contribution in [0.1, 0.15) is 18.4 Å². The second-order valence-electron chi connectivity index (χ2n) is 7.88. The monoisotopic (exact) mass is 425 g/mol. The summed E-state index contributed by atoms with van der Waals surface area (Å²) in [6.45, 7) is 3.23. The quantitative estimate of drug-likeness (QED) is 0.571. The van der Waals surface area contributed by atoms with Gasteiger partial charge in [-0.05, 0) is 61.3 Å². The van der Waals surface area contributed by atoms with Gasteiger partial charge in [0.1, 0.15) is 18.4 Å². The van der Waals surface area contributed by atoms with Crippen molar-refractivity contribution >= 4 is 12.2 Å². The van der Waals surface area contributed by atoms with Crippen LogP contribution in [0.3, 0.4) is 0 Å². The van der Waals surface area contributed by atoms with Crippen LogP contribution >= 0.6 is 12.2 Å². The molecule has 30 heavy (non-hydrogen) atoms. The van der Waals surface area contributed by atoms with E-state index in [4.69, 9.17) is 22.1 Å². The van der Waals surface area contributed by atoms with E-state index in [2.05, 4.69) is 28.8 Å². The zero-order valence-electron chi connectivity index (χ0n) is 17.3. The highest BCUT2D eigenvalue weighted by Crippen LogP contribution is 2.22. The molecule has 1 aliphatic rings. The van der Waals surface area contributed by atoms with Crippen LogP contribution in [0.2, 0.25) is 0 Å². The van der Waals surface area contributed by atoms with Crippen molar-refractivity contribution in [3.05, 3.63) is 64.9 Å². The van der Waals surface area contributed by atoms with E-state index in [9.17, 15) is 5.11 Å². The number of benzene rings is 2. The van der Waals surface area contributed by atoms with Crippen molar-refractivity contribution in [1.29, 1.82) is 0 Å². The largest absolute Gasteiger partial charge is 0.497 e. The fourth-order valence-corrected chi connectivity index (χ4v) is 4.35. The minimum Gasteiger partial charge on any atom is -0.497 e. The lowest BCUT2D eigenvalue weighted by Crippen LogP contribution is -3.13. The first-order valence-electron chi connectivity index (χ1n) is 10.5. The molecule has 0 radical (unpaired) electrons. The van der Waals surface area contributed by atoms with Gasteiger partial charge in [0.15, 0.2) is 12.5 Å². The molecule has 0 saturated carbocycles. The summed E-state index contributed by atoms with van der Waals surface area (Å²) in [5.74, 6) is 1.69. The summed E-state index contributed by atoms with van der Waals surface area (Å²) >= 11 is 5.84. The van der Waals surface area contributed by atoms with E-state index in [1.807, 2.05) is 35.0 Å². The molecule has 158 valence electrons. The molecule has 0 spiro atoms. The molecule has 6 nitrogen and oxygen atoms in total. The second-order valence-corrected chi connectivity index (χ2v) is 8.24. The Morgan fingerprint density at radius 3 is 2.63 bits per heavy atom. The van der Waals surface area contributed by atoms with Gasteiger partial charge in [-0.25, -0.2) is 0 Å². The molecule has 4 rings (SSSR count). The Morgan fingerprint density at radius 2 is 1.93 bits per heavy atom. The number of aliphatic hydroxyl groups excluding tert-OH is 1. The maximum atomic E-state index is 10.0. The molecule has 2 aromatic carbocycles. The number of hydrogen-bond donors (Lipinski definition) is 2. The Labute approximate surface area is 182 Å². The van der Waals surface area contributed by atoms with Crippen molar-refractivity contribution in [3.8, 4) is 17.1 Å². The lowest BCUT2D eigenvalue weighted by atomic mass is 10.1. The Balaban J connectivity index is 1.64. The zero-order chi connectivity index (χ0) is 20.9. The van der Waals surface area contributed by atoms with Gasteiger partial charge < -0.3 is 14.7 Å². The molecule has 1 saturated heterocycles. The van der Waals surface area contributed by atoms with Crippen LogP contribution in [0.5, 0.6) is 5.75 Å². The molecular formula is C23H29N4O2S+. The van der Waals surface area contributed by atoms with Gasteiger partial charge >= 0.3 is 0 Å². The van der Waals surface area contributed by atoms with Gasteiger partial charge in [0.25, 0.3) is 0 Å². The van der Waals surface area contributed by atoms with Gasteiger partial charge in [0.2, 0.25) is 4.77 Å². The fourth-order valence-electron chi connectivity index (χ4n) is 4.07. The molecule has 0 bridgehead atoms. The Morgan fingerprint density at radius 1 is 1.17 bits per heavy atom. The van der Waals surface area contributed by atoms with Crippen LogP contribution in [-0.2, 0) is 19.6 Å².